The highest BCUT2D eigenvalue weighted by Gasteiger charge is 2.21. The molecule has 0 spiro atoms. The number of thiophene rings is 1. The fraction of sp³-hybridized carbons (Fsp3) is 0.158. The zero-order valence-electron chi connectivity index (χ0n) is 14.9. The van der Waals surface area contributed by atoms with Gasteiger partial charge in [-0.1, -0.05) is 0 Å². The van der Waals surface area contributed by atoms with E-state index in [1.54, 1.807) is 26.1 Å². The van der Waals surface area contributed by atoms with E-state index in [1.807, 2.05) is 0 Å². The number of nitrogens with zero attached hydrogens (tertiary/aromatic N) is 3. The molecule has 4 rings (SSSR count). The minimum atomic E-state index is -0.580. The van der Waals surface area contributed by atoms with Crippen LogP contribution in [0, 0.1) is 12.7 Å². The van der Waals surface area contributed by atoms with E-state index in [0.717, 1.165) is 11.3 Å². The first-order valence-electron chi connectivity index (χ1n) is 8.26. The van der Waals surface area contributed by atoms with Crippen LogP contribution in [0.1, 0.15) is 21.1 Å². The maximum Gasteiger partial charge on any atom is 0.349 e. The van der Waals surface area contributed by atoms with Gasteiger partial charge in [0.05, 0.1) is 17.9 Å². The SMILES string of the molecule is Cc1c(C(=O)OCc2ncc(-c3ccc(F)cc3)o2)sc2ncn(C)c(=O)c12. The van der Waals surface area contributed by atoms with E-state index < -0.39 is 5.97 Å². The monoisotopic (exact) mass is 399 g/mol. The number of esters is 1. The highest BCUT2D eigenvalue weighted by Crippen LogP contribution is 2.28. The molecule has 4 aromatic rings. The van der Waals surface area contributed by atoms with Crippen LogP contribution in [-0.4, -0.2) is 20.5 Å². The van der Waals surface area contributed by atoms with Crippen LogP contribution in [0.5, 0.6) is 0 Å². The molecule has 0 saturated carbocycles. The number of rotatable bonds is 4. The second kappa shape index (κ2) is 7.01. The van der Waals surface area contributed by atoms with E-state index in [-0.39, 0.29) is 23.9 Å². The van der Waals surface area contributed by atoms with Crippen LogP contribution >= 0.6 is 11.3 Å². The van der Waals surface area contributed by atoms with Crippen molar-refractivity contribution in [3.05, 3.63) is 69.3 Å². The number of aromatic nitrogens is 3. The van der Waals surface area contributed by atoms with Crippen molar-refractivity contribution in [2.75, 3.05) is 0 Å². The summed E-state index contributed by atoms with van der Waals surface area (Å²) in [5.74, 6) is -0.276. The van der Waals surface area contributed by atoms with E-state index in [0.29, 0.717) is 32.0 Å². The number of fused-ring (bicyclic) bond motifs is 1. The minimum Gasteiger partial charge on any atom is -0.451 e. The minimum absolute atomic E-state index is 0.168. The fourth-order valence-corrected chi connectivity index (χ4v) is 3.75. The molecule has 9 heteroatoms. The summed E-state index contributed by atoms with van der Waals surface area (Å²) in [6, 6.07) is 5.78. The largest absolute Gasteiger partial charge is 0.451 e. The van der Waals surface area contributed by atoms with Gasteiger partial charge in [0.25, 0.3) is 5.56 Å². The number of benzene rings is 1. The summed E-state index contributed by atoms with van der Waals surface area (Å²) in [5, 5.41) is 0.414. The molecule has 3 aromatic heterocycles. The topological polar surface area (TPSA) is 87.2 Å². The predicted molar refractivity (Wildman–Crippen MR) is 101 cm³/mol. The summed E-state index contributed by atoms with van der Waals surface area (Å²) in [5.41, 5.74) is 0.987. The molecule has 0 aliphatic heterocycles. The average Bonchev–Trinajstić information content (AvgIpc) is 3.29. The normalized spacial score (nSPS) is 11.1. The van der Waals surface area contributed by atoms with Crippen molar-refractivity contribution in [3.63, 3.8) is 0 Å². The predicted octanol–water partition coefficient (Wildman–Crippen LogP) is 3.45. The van der Waals surface area contributed by atoms with Gasteiger partial charge >= 0.3 is 5.97 Å². The number of aryl methyl sites for hydroxylation is 2. The number of ether oxygens (including phenoxy) is 1. The van der Waals surface area contributed by atoms with Crippen molar-refractivity contribution in [2.24, 2.45) is 7.05 Å². The van der Waals surface area contributed by atoms with Gasteiger partial charge in [0, 0.05) is 12.6 Å². The molecule has 0 unspecified atom stereocenters. The molecule has 0 saturated heterocycles. The van der Waals surface area contributed by atoms with Crippen LogP contribution in [0.2, 0.25) is 0 Å². The molecule has 0 bridgehead atoms. The van der Waals surface area contributed by atoms with E-state index in [4.69, 9.17) is 9.15 Å². The first-order chi connectivity index (χ1) is 13.4. The van der Waals surface area contributed by atoms with Crippen LogP contribution in [0.4, 0.5) is 4.39 Å². The number of carbonyl (C=O) groups is 1. The Morgan fingerprint density at radius 1 is 1.29 bits per heavy atom. The lowest BCUT2D eigenvalue weighted by atomic mass is 10.2. The molecule has 0 amide bonds. The standard InChI is InChI=1S/C19H14FN3O4S/c1-10-15-17(22-9-23(2)18(15)24)28-16(10)19(25)26-8-14-21-7-13(27-14)11-3-5-12(20)6-4-11/h3-7,9H,8H2,1-2H3. The van der Waals surface area contributed by atoms with Crippen molar-refractivity contribution >= 4 is 27.5 Å². The Kier molecular flexibility index (Phi) is 4.52. The summed E-state index contributed by atoms with van der Waals surface area (Å²) in [7, 11) is 1.60. The highest BCUT2D eigenvalue weighted by atomic mass is 32.1. The maximum absolute atomic E-state index is 13.0. The summed E-state index contributed by atoms with van der Waals surface area (Å²) in [4.78, 5) is 33.8. The van der Waals surface area contributed by atoms with E-state index in [9.17, 15) is 14.0 Å². The lowest BCUT2D eigenvalue weighted by Crippen LogP contribution is -2.16. The van der Waals surface area contributed by atoms with Crippen molar-refractivity contribution in [1.82, 2.24) is 14.5 Å². The summed E-state index contributed by atoms with van der Waals surface area (Å²) >= 11 is 1.11. The molecule has 28 heavy (non-hydrogen) atoms. The zero-order valence-corrected chi connectivity index (χ0v) is 15.7. The van der Waals surface area contributed by atoms with Gasteiger partial charge in [0.15, 0.2) is 12.4 Å². The summed E-state index contributed by atoms with van der Waals surface area (Å²) < 4.78 is 25.2. The number of halogens is 1. The number of hydrogen-bond donors (Lipinski definition) is 0. The molecule has 0 aliphatic rings. The third-order valence-electron chi connectivity index (χ3n) is 4.21. The molecule has 0 radical (unpaired) electrons. The first kappa shape index (κ1) is 18.1. The van der Waals surface area contributed by atoms with Gasteiger partial charge in [-0.05, 0) is 36.8 Å². The van der Waals surface area contributed by atoms with Crippen LogP contribution in [0.15, 0.2) is 46.0 Å². The number of carbonyl (C=O) groups excluding carboxylic acids is 1. The molecule has 7 nitrogen and oxygen atoms in total. The van der Waals surface area contributed by atoms with Gasteiger partial charge in [-0.2, -0.15) is 0 Å². The summed E-state index contributed by atoms with van der Waals surface area (Å²) in [6.07, 6.45) is 2.90. The van der Waals surface area contributed by atoms with Crippen molar-refractivity contribution < 1.29 is 18.3 Å². The van der Waals surface area contributed by atoms with Crippen molar-refractivity contribution in [3.8, 4) is 11.3 Å². The molecule has 0 aliphatic carbocycles. The molecular formula is C19H14FN3O4S. The Hall–Kier alpha value is -3.33. The smallest absolute Gasteiger partial charge is 0.349 e. The third-order valence-corrected chi connectivity index (χ3v) is 5.38. The Morgan fingerprint density at radius 3 is 2.79 bits per heavy atom. The van der Waals surface area contributed by atoms with Gasteiger partial charge < -0.3 is 13.7 Å². The van der Waals surface area contributed by atoms with Gasteiger partial charge in [-0.25, -0.2) is 19.2 Å². The Bertz CT molecular complexity index is 1240. The van der Waals surface area contributed by atoms with Gasteiger partial charge in [-0.15, -0.1) is 11.3 Å². The molecule has 142 valence electrons. The second-order valence-electron chi connectivity index (χ2n) is 6.10. The lowest BCUT2D eigenvalue weighted by molar-refractivity contribution is 0.0444. The van der Waals surface area contributed by atoms with E-state index >= 15 is 0 Å². The van der Waals surface area contributed by atoms with Crippen molar-refractivity contribution in [2.45, 2.75) is 13.5 Å². The Labute approximate surface area is 162 Å². The Balaban J connectivity index is 1.52. The average molecular weight is 399 g/mol. The lowest BCUT2D eigenvalue weighted by Gasteiger charge is -2.01. The second-order valence-corrected chi connectivity index (χ2v) is 7.10. The first-order valence-corrected chi connectivity index (χ1v) is 9.08. The molecule has 3 heterocycles. The molecular weight excluding hydrogens is 385 g/mol. The molecule has 0 N–H and O–H groups in total. The van der Waals surface area contributed by atoms with Crippen molar-refractivity contribution in [1.29, 1.82) is 0 Å². The number of hydrogen-bond acceptors (Lipinski definition) is 7. The van der Waals surface area contributed by atoms with Gasteiger partial charge in [0.1, 0.15) is 15.5 Å². The van der Waals surface area contributed by atoms with Gasteiger partial charge in [0.2, 0.25) is 5.89 Å². The quantitative estimate of drug-likeness (QED) is 0.489. The van der Waals surface area contributed by atoms with E-state index in [1.165, 1.54) is 29.2 Å². The molecule has 0 fully saturated rings. The molecule has 1 aromatic carbocycles. The fourth-order valence-electron chi connectivity index (χ4n) is 2.72. The summed E-state index contributed by atoms with van der Waals surface area (Å²) in [6.45, 7) is 1.52. The van der Waals surface area contributed by atoms with Crippen LogP contribution in [-0.2, 0) is 18.4 Å². The van der Waals surface area contributed by atoms with Crippen LogP contribution in [0.3, 0.4) is 0 Å². The number of oxazole rings is 1. The Morgan fingerprint density at radius 2 is 2.04 bits per heavy atom. The zero-order chi connectivity index (χ0) is 19.8. The highest BCUT2D eigenvalue weighted by molar-refractivity contribution is 7.20. The van der Waals surface area contributed by atoms with E-state index in [2.05, 4.69) is 9.97 Å². The molecule has 0 atom stereocenters. The van der Waals surface area contributed by atoms with Gasteiger partial charge in [-0.3, -0.25) is 4.79 Å². The maximum atomic E-state index is 13.0. The van der Waals surface area contributed by atoms with Crippen LogP contribution < -0.4 is 5.56 Å². The van der Waals surface area contributed by atoms with Crippen LogP contribution in [0.25, 0.3) is 21.5 Å². The third kappa shape index (κ3) is 3.20.